The molecule has 0 amide bonds. The van der Waals surface area contributed by atoms with Crippen LogP contribution < -0.4 is 0 Å². The van der Waals surface area contributed by atoms with Gasteiger partial charge >= 0.3 is 5.97 Å². The average Bonchev–Trinajstić information content (AvgIpc) is 1.98. The Labute approximate surface area is 57.2 Å². The van der Waals surface area contributed by atoms with E-state index in [1.54, 1.807) is 0 Å². The summed E-state index contributed by atoms with van der Waals surface area (Å²) in [6, 6.07) is 0. The number of ether oxygens (including phenoxy) is 1. The lowest BCUT2D eigenvalue weighted by Crippen LogP contribution is -2.45. The maximum absolute atomic E-state index is 12.3. The van der Waals surface area contributed by atoms with Crippen molar-refractivity contribution in [2.24, 2.45) is 5.92 Å². The molecule has 0 N–H and O–H groups in total. The molecule has 0 spiro atoms. The minimum atomic E-state index is -1.65. The first kappa shape index (κ1) is 7.44. The third-order valence-corrected chi connectivity index (χ3v) is 1.71. The molecule has 0 saturated heterocycles. The van der Waals surface area contributed by atoms with Crippen molar-refractivity contribution in [2.75, 3.05) is 7.11 Å². The van der Waals surface area contributed by atoms with Crippen LogP contribution in [0.25, 0.3) is 0 Å². The fourth-order valence-electron chi connectivity index (χ4n) is 0.936. The number of hydrogen-bond acceptors (Lipinski definition) is 2. The predicted octanol–water partition coefficient (Wildman–Crippen LogP) is 0.856. The molecular weight excluding hydrogens is 142 g/mol. The van der Waals surface area contributed by atoms with E-state index in [1.807, 2.05) is 0 Å². The number of hydrogen-bond donors (Lipinski definition) is 0. The fraction of sp³-hybridized carbons (Fsp3) is 0.833. The molecule has 0 aromatic rings. The molecule has 0 aromatic carbocycles. The Morgan fingerprint density at radius 1 is 1.60 bits per heavy atom. The topological polar surface area (TPSA) is 26.3 Å². The SMILES string of the molecule is COC(=O)C1CC(F)C1F. The molecule has 10 heavy (non-hydrogen) atoms. The van der Waals surface area contributed by atoms with Crippen LogP contribution in [-0.4, -0.2) is 25.4 Å². The van der Waals surface area contributed by atoms with E-state index in [2.05, 4.69) is 4.74 Å². The van der Waals surface area contributed by atoms with Crippen molar-refractivity contribution in [2.45, 2.75) is 18.8 Å². The van der Waals surface area contributed by atoms with E-state index in [0.29, 0.717) is 0 Å². The molecule has 3 unspecified atom stereocenters. The molecule has 1 aliphatic carbocycles. The summed E-state index contributed by atoms with van der Waals surface area (Å²) in [4.78, 5) is 10.5. The van der Waals surface area contributed by atoms with Crippen LogP contribution in [0.15, 0.2) is 0 Å². The first-order valence-corrected chi connectivity index (χ1v) is 3.02. The van der Waals surface area contributed by atoms with Crippen LogP contribution in [0.1, 0.15) is 6.42 Å². The lowest BCUT2D eigenvalue weighted by atomic mass is 9.81. The van der Waals surface area contributed by atoms with Crippen LogP contribution in [-0.2, 0) is 9.53 Å². The van der Waals surface area contributed by atoms with Gasteiger partial charge in [0.25, 0.3) is 0 Å². The Bertz CT molecular complexity index is 149. The van der Waals surface area contributed by atoms with Crippen molar-refractivity contribution >= 4 is 5.97 Å². The molecule has 0 aliphatic heterocycles. The van der Waals surface area contributed by atoms with Crippen molar-refractivity contribution in [1.82, 2.24) is 0 Å². The van der Waals surface area contributed by atoms with Crippen LogP contribution in [0.3, 0.4) is 0 Å². The first-order valence-electron chi connectivity index (χ1n) is 3.02. The smallest absolute Gasteiger partial charge is 0.311 e. The Morgan fingerprint density at radius 2 is 2.20 bits per heavy atom. The second-order valence-corrected chi connectivity index (χ2v) is 2.33. The molecule has 4 heteroatoms. The maximum atomic E-state index is 12.3. The number of alkyl halides is 2. The highest BCUT2D eigenvalue weighted by Crippen LogP contribution is 2.34. The van der Waals surface area contributed by atoms with Gasteiger partial charge in [-0.05, 0) is 6.42 Å². The van der Waals surface area contributed by atoms with Crippen LogP contribution in [0.5, 0.6) is 0 Å². The van der Waals surface area contributed by atoms with E-state index in [9.17, 15) is 13.6 Å². The van der Waals surface area contributed by atoms with Gasteiger partial charge in [0.2, 0.25) is 0 Å². The number of esters is 1. The van der Waals surface area contributed by atoms with Gasteiger partial charge in [0.15, 0.2) is 0 Å². The molecular formula is C6H8F2O2. The number of carbonyl (C=O) groups is 1. The number of halogens is 2. The van der Waals surface area contributed by atoms with Gasteiger partial charge in [0, 0.05) is 0 Å². The summed E-state index contributed by atoms with van der Waals surface area (Å²) >= 11 is 0. The molecule has 2 nitrogen and oxygen atoms in total. The number of carbonyl (C=O) groups excluding carboxylic acids is 1. The van der Waals surface area contributed by atoms with E-state index in [1.165, 1.54) is 7.11 Å². The third kappa shape index (κ3) is 0.978. The third-order valence-electron chi connectivity index (χ3n) is 1.71. The summed E-state index contributed by atoms with van der Waals surface area (Å²) in [6.45, 7) is 0. The van der Waals surface area contributed by atoms with E-state index < -0.39 is 24.2 Å². The monoisotopic (exact) mass is 150 g/mol. The summed E-state index contributed by atoms with van der Waals surface area (Å²) in [5.74, 6) is -1.51. The highest BCUT2D eigenvalue weighted by atomic mass is 19.2. The molecule has 58 valence electrons. The molecule has 0 bridgehead atoms. The highest BCUT2D eigenvalue weighted by molar-refractivity contribution is 5.74. The van der Waals surface area contributed by atoms with E-state index >= 15 is 0 Å². The van der Waals surface area contributed by atoms with Crippen molar-refractivity contribution in [3.63, 3.8) is 0 Å². The zero-order valence-corrected chi connectivity index (χ0v) is 5.51. The highest BCUT2D eigenvalue weighted by Gasteiger charge is 2.47. The van der Waals surface area contributed by atoms with Crippen LogP contribution >= 0.6 is 0 Å². The Balaban J connectivity index is 2.40. The number of methoxy groups -OCH3 is 1. The average molecular weight is 150 g/mol. The molecule has 1 rings (SSSR count). The minimum absolute atomic E-state index is 0.0339. The van der Waals surface area contributed by atoms with Crippen LogP contribution in [0, 0.1) is 5.92 Å². The van der Waals surface area contributed by atoms with Crippen molar-refractivity contribution in [3.05, 3.63) is 0 Å². The zero-order valence-electron chi connectivity index (χ0n) is 5.51. The van der Waals surface area contributed by atoms with Gasteiger partial charge in [-0.15, -0.1) is 0 Å². The van der Waals surface area contributed by atoms with Crippen LogP contribution in [0.4, 0.5) is 8.78 Å². The van der Waals surface area contributed by atoms with E-state index in [4.69, 9.17) is 0 Å². The standard InChI is InChI=1S/C6H8F2O2/c1-10-6(9)3-2-4(7)5(3)8/h3-5H,2H2,1H3. The zero-order chi connectivity index (χ0) is 7.72. The molecule has 1 aliphatic rings. The second kappa shape index (κ2) is 2.52. The van der Waals surface area contributed by atoms with E-state index in [-0.39, 0.29) is 6.42 Å². The van der Waals surface area contributed by atoms with Crippen molar-refractivity contribution in [3.8, 4) is 0 Å². The first-order chi connectivity index (χ1) is 4.66. The lowest BCUT2D eigenvalue weighted by molar-refractivity contribution is -0.156. The summed E-state index contributed by atoms with van der Waals surface area (Å²) in [6.07, 6.45) is -3.15. The molecule has 0 radical (unpaired) electrons. The Kier molecular flexibility index (Phi) is 1.87. The van der Waals surface area contributed by atoms with Gasteiger partial charge in [-0.1, -0.05) is 0 Å². The largest absolute Gasteiger partial charge is 0.469 e. The number of rotatable bonds is 1. The fourth-order valence-corrected chi connectivity index (χ4v) is 0.936. The molecule has 3 atom stereocenters. The van der Waals surface area contributed by atoms with Gasteiger partial charge in [0.1, 0.15) is 12.3 Å². The van der Waals surface area contributed by atoms with Crippen LogP contribution in [0.2, 0.25) is 0 Å². The molecule has 1 fully saturated rings. The van der Waals surface area contributed by atoms with Crippen molar-refractivity contribution in [1.29, 1.82) is 0 Å². The normalized spacial score (nSPS) is 38.5. The van der Waals surface area contributed by atoms with Gasteiger partial charge in [0.05, 0.1) is 13.0 Å². The molecule has 1 saturated carbocycles. The summed E-state index contributed by atoms with van der Waals surface area (Å²) in [5.41, 5.74) is 0. The predicted molar refractivity (Wildman–Crippen MR) is 29.9 cm³/mol. The molecule has 0 aromatic heterocycles. The lowest BCUT2D eigenvalue weighted by Gasteiger charge is -2.31. The minimum Gasteiger partial charge on any atom is -0.469 e. The summed E-state index contributed by atoms with van der Waals surface area (Å²) < 4.78 is 28.6. The summed E-state index contributed by atoms with van der Waals surface area (Å²) in [7, 11) is 1.17. The van der Waals surface area contributed by atoms with Gasteiger partial charge in [-0.2, -0.15) is 0 Å². The Hall–Kier alpha value is -0.670. The Morgan fingerprint density at radius 3 is 2.50 bits per heavy atom. The maximum Gasteiger partial charge on any atom is 0.311 e. The van der Waals surface area contributed by atoms with E-state index in [0.717, 1.165) is 0 Å². The second-order valence-electron chi connectivity index (χ2n) is 2.33. The van der Waals surface area contributed by atoms with Gasteiger partial charge < -0.3 is 4.74 Å². The van der Waals surface area contributed by atoms with Gasteiger partial charge in [-0.25, -0.2) is 8.78 Å². The van der Waals surface area contributed by atoms with Gasteiger partial charge in [-0.3, -0.25) is 4.79 Å². The van der Waals surface area contributed by atoms with Crippen molar-refractivity contribution < 1.29 is 18.3 Å². The summed E-state index contributed by atoms with van der Waals surface area (Å²) in [5, 5.41) is 0. The quantitative estimate of drug-likeness (QED) is 0.518. The molecule has 0 heterocycles.